The molecule has 1 unspecified atom stereocenters. The minimum atomic E-state index is -4.47. The minimum absolute atomic E-state index is 0.213. The molecule has 1 heterocycles. The second kappa shape index (κ2) is 8.57. The van der Waals surface area contributed by atoms with Crippen molar-refractivity contribution in [3.63, 3.8) is 0 Å². The number of nitrogens with one attached hydrogen (secondary N) is 1. The Morgan fingerprint density at radius 3 is 2.69 bits per heavy atom. The number of halogens is 3. The van der Waals surface area contributed by atoms with Crippen LogP contribution in [-0.2, 0) is 11.3 Å². The number of benzene rings is 1. The molecular weight excluding hydrogens is 367 g/mol. The summed E-state index contributed by atoms with van der Waals surface area (Å²) in [6.45, 7) is 2.53. The van der Waals surface area contributed by atoms with Crippen molar-refractivity contribution in [1.82, 2.24) is 14.9 Å². The second-order valence-corrected chi connectivity index (χ2v) is 7.12. The standard InChI is InChI=1S/C17H20F3N3O2S/c1-3-4-9-23-15(25)12-7-5-6-8-13(12)22-16(23)26-11(2)14(24)21-10-17(18,19)20/h5-8,11H,3-4,9-10H2,1-2H3,(H,21,24). The molecule has 0 saturated carbocycles. The SMILES string of the molecule is CCCCn1c(SC(C)C(=O)NCC(F)(F)F)nc2ccccc2c1=O. The summed E-state index contributed by atoms with van der Waals surface area (Å²) in [5.41, 5.74) is 0.282. The third kappa shape index (κ3) is 5.23. The minimum Gasteiger partial charge on any atom is -0.346 e. The van der Waals surface area contributed by atoms with Crippen molar-refractivity contribution in [3.8, 4) is 0 Å². The van der Waals surface area contributed by atoms with Crippen LogP contribution in [0.2, 0.25) is 0 Å². The number of amides is 1. The zero-order chi connectivity index (χ0) is 19.3. The van der Waals surface area contributed by atoms with Crippen molar-refractivity contribution in [2.45, 2.75) is 49.8 Å². The number of rotatable bonds is 7. The number of fused-ring (bicyclic) bond motifs is 1. The molecule has 142 valence electrons. The van der Waals surface area contributed by atoms with Crippen LogP contribution in [0.3, 0.4) is 0 Å². The fourth-order valence-electron chi connectivity index (χ4n) is 2.29. The van der Waals surface area contributed by atoms with Crippen LogP contribution in [0.5, 0.6) is 0 Å². The summed E-state index contributed by atoms with van der Waals surface area (Å²) >= 11 is 0.981. The van der Waals surface area contributed by atoms with Gasteiger partial charge in [-0.25, -0.2) is 4.98 Å². The zero-order valence-corrected chi connectivity index (χ0v) is 15.3. The molecule has 1 atom stereocenters. The average Bonchev–Trinajstić information content (AvgIpc) is 2.58. The Labute approximate surface area is 153 Å². The van der Waals surface area contributed by atoms with E-state index in [1.165, 1.54) is 11.5 Å². The average molecular weight is 387 g/mol. The van der Waals surface area contributed by atoms with E-state index in [-0.39, 0.29) is 5.56 Å². The molecule has 26 heavy (non-hydrogen) atoms. The Kier molecular flexibility index (Phi) is 6.69. The van der Waals surface area contributed by atoms with Crippen molar-refractivity contribution in [2.75, 3.05) is 6.54 Å². The predicted octanol–water partition coefficient (Wildman–Crippen LogP) is 3.36. The third-order valence-corrected chi connectivity index (χ3v) is 4.77. The molecule has 0 bridgehead atoms. The van der Waals surface area contributed by atoms with Gasteiger partial charge in [-0.1, -0.05) is 37.2 Å². The van der Waals surface area contributed by atoms with Crippen molar-refractivity contribution >= 4 is 28.6 Å². The van der Waals surface area contributed by atoms with Crippen LogP contribution in [0.25, 0.3) is 10.9 Å². The van der Waals surface area contributed by atoms with Crippen molar-refractivity contribution in [3.05, 3.63) is 34.6 Å². The smallest absolute Gasteiger partial charge is 0.346 e. The Morgan fingerprint density at radius 1 is 1.35 bits per heavy atom. The van der Waals surface area contributed by atoms with Gasteiger partial charge in [0.1, 0.15) is 6.54 Å². The number of thioether (sulfide) groups is 1. The van der Waals surface area contributed by atoms with E-state index in [9.17, 15) is 22.8 Å². The number of para-hydroxylation sites is 1. The molecule has 1 N–H and O–H groups in total. The van der Waals surface area contributed by atoms with E-state index in [1.807, 2.05) is 12.2 Å². The maximum absolute atomic E-state index is 12.7. The number of unbranched alkanes of at least 4 members (excludes halogenated alkanes) is 1. The van der Waals surface area contributed by atoms with Gasteiger partial charge in [-0.15, -0.1) is 0 Å². The normalized spacial score (nSPS) is 13.0. The highest BCUT2D eigenvalue weighted by atomic mass is 32.2. The number of nitrogens with zero attached hydrogens (tertiary/aromatic N) is 2. The van der Waals surface area contributed by atoms with Crippen LogP contribution < -0.4 is 10.9 Å². The van der Waals surface area contributed by atoms with Crippen molar-refractivity contribution in [1.29, 1.82) is 0 Å². The fourth-order valence-corrected chi connectivity index (χ4v) is 3.25. The maximum atomic E-state index is 12.7. The first-order valence-corrected chi connectivity index (χ1v) is 9.11. The monoisotopic (exact) mass is 387 g/mol. The molecule has 1 amide bonds. The maximum Gasteiger partial charge on any atom is 0.405 e. The lowest BCUT2D eigenvalue weighted by Gasteiger charge is -2.16. The van der Waals surface area contributed by atoms with E-state index < -0.39 is 23.9 Å². The van der Waals surface area contributed by atoms with Crippen molar-refractivity contribution in [2.24, 2.45) is 0 Å². The molecule has 0 aliphatic rings. The van der Waals surface area contributed by atoms with Crippen LogP contribution in [0.1, 0.15) is 26.7 Å². The number of aromatic nitrogens is 2. The van der Waals surface area contributed by atoms with E-state index >= 15 is 0 Å². The molecule has 0 aliphatic heterocycles. The first-order valence-electron chi connectivity index (χ1n) is 8.23. The molecule has 0 fully saturated rings. The van der Waals surface area contributed by atoms with Crippen molar-refractivity contribution < 1.29 is 18.0 Å². The lowest BCUT2D eigenvalue weighted by Crippen LogP contribution is -2.38. The summed E-state index contributed by atoms with van der Waals surface area (Å²) in [5.74, 6) is -0.753. The highest BCUT2D eigenvalue weighted by Gasteiger charge is 2.29. The van der Waals surface area contributed by atoms with Gasteiger partial charge in [-0.3, -0.25) is 14.2 Å². The summed E-state index contributed by atoms with van der Waals surface area (Å²) in [6, 6.07) is 6.87. The first-order chi connectivity index (χ1) is 12.2. The molecule has 5 nitrogen and oxygen atoms in total. The molecule has 0 spiro atoms. The molecule has 2 rings (SSSR count). The summed E-state index contributed by atoms with van der Waals surface area (Å²) < 4.78 is 38.3. The van der Waals surface area contributed by atoms with Gasteiger partial charge in [0, 0.05) is 6.54 Å². The number of carbonyl (C=O) groups is 1. The summed E-state index contributed by atoms with van der Waals surface area (Å²) in [4.78, 5) is 29.1. The zero-order valence-electron chi connectivity index (χ0n) is 14.5. The molecular formula is C17H20F3N3O2S. The van der Waals surface area contributed by atoms with Gasteiger partial charge < -0.3 is 5.32 Å². The van der Waals surface area contributed by atoms with Gasteiger partial charge in [0.2, 0.25) is 5.91 Å². The largest absolute Gasteiger partial charge is 0.405 e. The van der Waals surface area contributed by atoms with Gasteiger partial charge in [0.25, 0.3) is 5.56 Å². The topological polar surface area (TPSA) is 64.0 Å². The molecule has 0 saturated heterocycles. The van der Waals surface area contributed by atoms with Crippen LogP contribution in [-0.4, -0.2) is 33.4 Å². The summed E-state index contributed by atoms with van der Waals surface area (Å²) in [7, 11) is 0. The fraction of sp³-hybridized carbons (Fsp3) is 0.471. The predicted molar refractivity (Wildman–Crippen MR) is 95.3 cm³/mol. The van der Waals surface area contributed by atoms with Crippen LogP contribution in [0.4, 0.5) is 13.2 Å². The molecule has 1 aromatic heterocycles. The highest BCUT2D eigenvalue weighted by molar-refractivity contribution is 8.00. The van der Waals surface area contributed by atoms with Gasteiger partial charge in [-0.05, 0) is 25.5 Å². The van der Waals surface area contributed by atoms with E-state index in [1.54, 1.807) is 24.3 Å². The lowest BCUT2D eigenvalue weighted by molar-refractivity contribution is -0.137. The summed E-state index contributed by atoms with van der Waals surface area (Å²) in [5, 5.41) is 1.84. The highest BCUT2D eigenvalue weighted by Crippen LogP contribution is 2.23. The van der Waals surface area contributed by atoms with E-state index in [4.69, 9.17) is 0 Å². The van der Waals surface area contributed by atoms with Gasteiger partial charge in [0.15, 0.2) is 5.16 Å². The Balaban J connectivity index is 2.29. The lowest BCUT2D eigenvalue weighted by atomic mass is 10.2. The second-order valence-electron chi connectivity index (χ2n) is 5.81. The Morgan fingerprint density at radius 2 is 2.04 bits per heavy atom. The van der Waals surface area contributed by atoms with E-state index in [0.29, 0.717) is 22.6 Å². The number of hydrogen-bond donors (Lipinski definition) is 1. The Hall–Kier alpha value is -2.03. The molecule has 9 heteroatoms. The van der Waals surface area contributed by atoms with Crippen LogP contribution >= 0.6 is 11.8 Å². The number of alkyl halides is 3. The quantitative estimate of drug-likeness (QED) is 0.585. The third-order valence-electron chi connectivity index (χ3n) is 3.68. The number of carbonyl (C=O) groups excluding carboxylic acids is 1. The molecule has 2 aromatic rings. The molecule has 0 radical (unpaired) electrons. The molecule has 1 aromatic carbocycles. The Bertz CT molecular complexity index is 836. The summed E-state index contributed by atoms with van der Waals surface area (Å²) in [6.07, 6.45) is -2.85. The first kappa shape index (κ1) is 20.3. The van der Waals surface area contributed by atoms with Gasteiger partial charge >= 0.3 is 6.18 Å². The molecule has 0 aliphatic carbocycles. The van der Waals surface area contributed by atoms with E-state index in [2.05, 4.69) is 4.98 Å². The van der Waals surface area contributed by atoms with Gasteiger partial charge in [0.05, 0.1) is 16.2 Å². The van der Waals surface area contributed by atoms with Crippen LogP contribution in [0.15, 0.2) is 34.2 Å². The number of hydrogen-bond acceptors (Lipinski definition) is 4. The van der Waals surface area contributed by atoms with E-state index in [0.717, 1.165) is 24.6 Å². The van der Waals surface area contributed by atoms with Gasteiger partial charge in [-0.2, -0.15) is 13.2 Å². The van der Waals surface area contributed by atoms with Crippen LogP contribution in [0, 0.1) is 0 Å².